The van der Waals surface area contributed by atoms with E-state index in [9.17, 15) is 4.57 Å². The maximum absolute atomic E-state index is 9.41. The van der Waals surface area contributed by atoms with Crippen molar-refractivity contribution in [3.05, 3.63) is 0 Å². The van der Waals surface area contributed by atoms with Crippen LogP contribution in [0, 0.1) is 11.1 Å². The summed E-state index contributed by atoms with van der Waals surface area (Å²) in [5.74, 6) is 1.35. The average molecular weight is 90.0 g/mol. The smallest absolute Gasteiger partial charge is 0.229 e. The quantitative estimate of drug-likeness (QED) is 0.422. The first-order valence-corrected chi connectivity index (χ1v) is 2.45. The van der Waals surface area contributed by atoms with Gasteiger partial charge >= 0.3 is 0 Å². The lowest BCUT2D eigenvalue weighted by Gasteiger charge is -1.59. The number of nitriles is 1. The molecule has 0 spiro atoms. The first-order valence-electron chi connectivity index (χ1n) is 0.966. The lowest BCUT2D eigenvalue weighted by atomic mass is 11.8. The summed E-state index contributed by atoms with van der Waals surface area (Å²) in [4.78, 5) is 0. The van der Waals surface area contributed by atoms with Crippen LogP contribution in [-0.4, -0.2) is 0 Å². The molecule has 0 fully saturated rings. The SMILES string of the molecule is N#C[PH](N)=O. The summed E-state index contributed by atoms with van der Waals surface area (Å²) < 4.78 is 9.41. The maximum Gasteiger partial charge on any atom is 0.229 e. The van der Waals surface area contributed by atoms with E-state index in [1.807, 2.05) is 0 Å². The standard InChI is InChI=1S/CH3N2OP/c2-1-5(3)4/h5H,(H2,3,4). The highest BCUT2D eigenvalue weighted by Crippen LogP contribution is 1.98. The third kappa shape index (κ3) is 3.68. The highest BCUT2D eigenvalue weighted by molar-refractivity contribution is 7.47. The molecule has 28 valence electrons. The van der Waals surface area contributed by atoms with Crippen molar-refractivity contribution < 1.29 is 4.57 Å². The molecule has 0 aliphatic carbocycles. The summed E-state index contributed by atoms with van der Waals surface area (Å²) in [6, 6.07) is 0. The number of nitrogens with two attached hydrogens (primary N) is 1. The van der Waals surface area contributed by atoms with Gasteiger partial charge < -0.3 is 0 Å². The van der Waals surface area contributed by atoms with E-state index in [1.54, 1.807) is 0 Å². The molecule has 0 saturated heterocycles. The second-order valence-corrected chi connectivity index (χ2v) is 1.43. The molecule has 2 N–H and O–H groups in total. The highest BCUT2D eigenvalue weighted by atomic mass is 31.1. The van der Waals surface area contributed by atoms with E-state index in [0.29, 0.717) is 0 Å². The van der Waals surface area contributed by atoms with Crippen molar-refractivity contribution in [2.75, 3.05) is 0 Å². The average Bonchev–Trinajstić information content (AvgIpc) is 1.38. The minimum absolute atomic E-state index is 1.35. The van der Waals surface area contributed by atoms with Crippen LogP contribution in [0.25, 0.3) is 0 Å². The fraction of sp³-hybridized carbons (Fsp3) is 0. The largest absolute Gasteiger partial charge is 0.294 e. The predicted molar refractivity (Wildman–Crippen MR) is 18.8 cm³/mol. The van der Waals surface area contributed by atoms with E-state index in [2.05, 4.69) is 5.50 Å². The molecule has 3 nitrogen and oxygen atoms in total. The molecule has 0 aliphatic rings. The van der Waals surface area contributed by atoms with Gasteiger partial charge in [-0.2, -0.15) is 5.26 Å². The maximum atomic E-state index is 9.41. The van der Waals surface area contributed by atoms with Crippen molar-refractivity contribution in [1.29, 1.82) is 5.26 Å². The Bertz CT molecular complexity index is 82.1. The zero-order valence-electron chi connectivity index (χ0n) is 2.43. The molecule has 0 aromatic carbocycles. The zero-order chi connectivity index (χ0) is 4.28. The van der Waals surface area contributed by atoms with Crippen LogP contribution in [0.5, 0.6) is 0 Å². The molecule has 1 atom stereocenters. The van der Waals surface area contributed by atoms with Crippen molar-refractivity contribution in [3.63, 3.8) is 0 Å². The summed E-state index contributed by atoms with van der Waals surface area (Å²) in [7, 11) is -2.32. The first kappa shape index (κ1) is 4.68. The van der Waals surface area contributed by atoms with Crippen molar-refractivity contribution in [2.45, 2.75) is 0 Å². The third-order valence-corrected chi connectivity index (χ3v) is 0.331. The number of hydrogen-bond donors (Lipinski definition) is 1. The van der Waals surface area contributed by atoms with Gasteiger partial charge in [0.2, 0.25) is 7.95 Å². The van der Waals surface area contributed by atoms with Gasteiger partial charge in [0.05, 0.1) is 0 Å². The van der Waals surface area contributed by atoms with Crippen LogP contribution in [0.3, 0.4) is 0 Å². The predicted octanol–water partition coefficient (Wildman–Crippen LogP) is -0.0991. The Hall–Kier alpha value is -0.320. The zero-order valence-corrected chi connectivity index (χ0v) is 3.43. The molecule has 0 aliphatic heterocycles. The van der Waals surface area contributed by atoms with E-state index in [-0.39, 0.29) is 0 Å². The van der Waals surface area contributed by atoms with Crippen LogP contribution in [-0.2, 0) is 4.57 Å². The van der Waals surface area contributed by atoms with E-state index in [4.69, 9.17) is 5.26 Å². The van der Waals surface area contributed by atoms with Gasteiger partial charge in [-0.25, -0.2) is 0 Å². The normalized spacial score (nSPS) is 12.8. The van der Waals surface area contributed by atoms with Gasteiger partial charge in [0.25, 0.3) is 0 Å². The van der Waals surface area contributed by atoms with Crippen LogP contribution in [0.1, 0.15) is 0 Å². The summed E-state index contributed by atoms with van der Waals surface area (Å²) >= 11 is 0. The van der Waals surface area contributed by atoms with E-state index < -0.39 is 7.95 Å². The van der Waals surface area contributed by atoms with Crippen molar-refractivity contribution >= 4 is 7.95 Å². The van der Waals surface area contributed by atoms with Crippen LogP contribution in [0.4, 0.5) is 0 Å². The van der Waals surface area contributed by atoms with E-state index in [0.717, 1.165) is 0 Å². The lowest BCUT2D eigenvalue weighted by Crippen LogP contribution is -1.67. The molecule has 0 aromatic heterocycles. The fourth-order valence-corrected chi connectivity index (χ4v) is 0. The monoisotopic (exact) mass is 90.0 g/mol. The van der Waals surface area contributed by atoms with Crippen LogP contribution < -0.4 is 5.50 Å². The number of hydrogen-bond acceptors (Lipinski definition) is 2. The van der Waals surface area contributed by atoms with Gasteiger partial charge in [-0.3, -0.25) is 10.1 Å². The van der Waals surface area contributed by atoms with Gasteiger partial charge in [-0.05, 0) is 0 Å². The fourth-order valence-electron chi connectivity index (χ4n) is 0. The van der Waals surface area contributed by atoms with Gasteiger partial charge in [-0.1, -0.05) is 0 Å². The van der Waals surface area contributed by atoms with Crippen molar-refractivity contribution in [1.82, 2.24) is 0 Å². The molecule has 0 saturated carbocycles. The summed E-state index contributed by atoms with van der Waals surface area (Å²) in [6.07, 6.45) is 0. The van der Waals surface area contributed by atoms with Crippen molar-refractivity contribution in [3.8, 4) is 5.81 Å². The topological polar surface area (TPSA) is 66.9 Å². The molecule has 0 heterocycles. The van der Waals surface area contributed by atoms with Gasteiger partial charge in [0.15, 0.2) is 0 Å². The Labute approximate surface area is 30.2 Å². The summed E-state index contributed by atoms with van der Waals surface area (Å²) in [5, 5.41) is 7.50. The second-order valence-electron chi connectivity index (χ2n) is 0.476. The molecule has 1 unspecified atom stereocenters. The molecule has 0 aromatic rings. The Morgan fingerprint density at radius 1 is 2.00 bits per heavy atom. The molecule has 4 heteroatoms. The van der Waals surface area contributed by atoms with Crippen LogP contribution >= 0.6 is 7.95 Å². The highest BCUT2D eigenvalue weighted by Gasteiger charge is 1.71. The Balaban J connectivity index is 3.35. The molecule has 0 amide bonds. The van der Waals surface area contributed by atoms with Crippen molar-refractivity contribution in [2.24, 2.45) is 5.50 Å². The minimum atomic E-state index is -2.32. The van der Waals surface area contributed by atoms with Crippen LogP contribution in [0.2, 0.25) is 0 Å². The molecule has 5 heavy (non-hydrogen) atoms. The van der Waals surface area contributed by atoms with E-state index >= 15 is 0 Å². The minimum Gasteiger partial charge on any atom is -0.294 e. The third-order valence-electron chi connectivity index (χ3n) is 0.110. The Morgan fingerprint density at radius 2 is 2.20 bits per heavy atom. The Kier molecular flexibility index (Phi) is 1.83. The number of nitrogens with zero attached hydrogens (tertiary/aromatic N) is 1. The molecular formula is CH3N2OP. The molecular weight excluding hydrogens is 87.0 g/mol. The Morgan fingerprint density at radius 3 is 2.20 bits per heavy atom. The lowest BCUT2D eigenvalue weighted by molar-refractivity contribution is 0.594. The van der Waals surface area contributed by atoms with Crippen LogP contribution in [0.15, 0.2) is 0 Å². The molecule has 0 bridgehead atoms. The summed E-state index contributed by atoms with van der Waals surface area (Å²) in [6.45, 7) is 0. The summed E-state index contributed by atoms with van der Waals surface area (Å²) in [5.41, 5.74) is 4.48. The van der Waals surface area contributed by atoms with Gasteiger partial charge in [0.1, 0.15) is 5.81 Å². The number of rotatable bonds is 0. The van der Waals surface area contributed by atoms with E-state index in [1.165, 1.54) is 5.81 Å². The van der Waals surface area contributed by atoms with Gasteiger partial charge in [-0.15, -0.1) is 0 Å². The van der Waals surface area contributed by atoms with Gasteiger partial charge in [0, 0.05) is 0 Å². The molecule has 0 rings (SSSR count). The second kappa shape index (κ2) is 1.95. The molecule has 0 radical (unpaired) electrons. The first-order chi connectivity index (χ1) is 2.27.